The van der Waals surface area contributed by atoms with E-state index in [0.29, 0.717) is 12.2 Å². The first-order valence-electron chi connectivity index (χ1n) is 16.9. The van der Waals surface area contributed by atoms with Crippen molar-refractivity contribution >= 4 is 55.6 Å². The Morgan fingerprint density at radius 3 is 1.15 bits per heavy atom. The number of carbonyl (C=O) groups is 6. The fourth-order valence-corrected chi connectivity index (χ4v) is 6.22. The molecule has 0 radical (unpaired) electrons. The molecule has 2 amide bonds. The van der Waals surface area contributed by atoms with Gasteiger partial charge in [-0.15, -0.1) is 0 Å². The zero-order chi connectivity index (χ0) is 39.0. The number of amides is 2. The van der Waals surface area contributed by atoms with Crippen LogP contribution in [0.1, 0.15) is 117 Å². The molecule has 0 aromatic rings. The highest BCUT2D eigenvalue weighted by molar-refractivity contribution is 7.90. The third kappa shape index (κ3) is 24.8. The van der Waals surface area contributed by atoms with E-state index in [-0.39, 0.29) is 106 Å². The van der Waals surface area contributed by atoms with Crippen LogP contribution in [0.2, 0.25) is 0 Å². The molecule has 310 valence electrons. The number of hydrogen-bond acceptors (Lipinski definition) is 11. The number of ketones is 4. The van der Waals surface area contributed by atoms with Crippen LogP contribution >= 0.6 is 0 Å². The Morgan fingerprint density at radius 2 is 0.923 bits per heavy atom. The molecule has 0 bridgehead atoms. The zero-order valence-corrected chi connectivity index (χ0v) is 33.3. The number of sulfone groups is 1. The second kappa shape index (κ2) is 28.1. The minimum Gasteiger partial charge on any atom is -0.346 e. The van der Waals surface area contributed by atoms with E-state index in [1.807, 2.05) is 55.4 Å². The van der Waals surface area contributed by atoms with Crippen LogP contribution in [-0.2, 0) is 49.4 Å². The van der Waals surface area contributed by atoms with Crippen molar-refractivity contribution in [3.05, 3.63) is 0 Å². The molecule has 13 nitrogen and oxygen atoms in total. The van der Waals surface area contributed by atoms with Crippen LogP contribution in [0.4, 0.5) is 0 Å². The van der Waals surface area contributed by atoms with Crippen LogP contribution in [0, 0.1) is 35.5 Å². The molecule has 0 aliphatic rings. The first-order valence-corrected chi connectivity index (χ1v) is 20.7. The van der Waals surface area contributed by atoms with Crippen molar-refractivity contribution in [3.63, 3.8) is 0 Å². The minimum atomic E-state index is -3.20. The monoisotopic (exact) mass is 785 g/mol. The SMILES string of the molecule is C.C.C.CC(=O)[C@@H](NC(=O)[C@@H](CC(=O)[C@@H](N)CCS(C)(=O)=O)C(C)C)C(C)C.CC(=O)[C@@H](NC(=O)[C@@H](CC(=O)[C@@H](N)CCS(C)=O)C(C)C)C(C)C. The minimum absolute atomic E-state index is 0. The molecule has 15 heteroatoms. The van der Waals surface area contributed by atoms with Crippen molar-refractivity contribution in [2.45, 2.75) is 141 Å². The number of nitrogens with one attached hydrogen (secondary N) is 2. The molecular formula is C37H76N4O9S2. The summed E-state index contributed by atoms with van der Waals surface area (Å²) in [6, 6.07) is -2.78. The molecule has 0 spiro atoms. The van der Waals surface area contributed by atoms with Crippen LogP contribution in [0.15, 0.2) is 0 Å². The van der Waals surface area contributed by atoms with Crippen molar-refractivity contribution in [2.75, 3.05) is 24.0 Å². The Labute approximate surface area is 319 Å². The molecule has 0 rings (SSSR count). The largest absolute Gasteiger partial charge is 0.346 e. The quantitative estimate of drug-likeness (QED) is 0.124. The fraction of sp³-hybridized carbons (Fsp3) is 0.838. The normalized spacial score (nSPS) is 15.2. The van der Waals surface area contributed by atoms with Gasteiger partial charge in [-0.3, -0.25) is 33.0 Å². The smallest absolute Gasteiger partial charge is 0.224 e. The average Bonchev–Trinajstić information content (AvgIpc) is 2.95. The lowest BCUT2D eigenvalue weighted by atomic mass is 9.87. The van der Waals surface area contributed by atoms with Crippen LogP contribution in [-0.4, -0.2) is 95.8 Å². The van der Waals surface area contributed by atoms with Gasteiger partial charge in [0.25, 0.3) is 0 Å². The molecule has 0 saturated heterocycles. The van der Waals surface area contributed by atoms with Crippen LogP contribution in [0.3, 0.4) is 0 Å². The Balaban J connectivity index is -0.000000268. The van der Waals surface area contributed by atoms with Crippen LogP contribution in [0.5, 0.6) is 0 Å². The third-order valence-electron chi connectivity index (χ3n) is 8.27. The van der Waals surface area contributed by atoms with E-state index in [2.05, 4.69) is 10.6 Å². The number of hydrogen-bond donors (Lipinski definition) is 4. The van der Waals surface area contributed by atoms with Crippen molar-refractivity contribution in [3.8, 4) is 0 Å². The number of Topliss-reactive ketones (excluding diaryl/α,β-unsaturated/α-hetero) is 4. The van der Waals surface area contributed by atoms with Gasteiger partial charge >= 0.3 is 0 Å². The second-order valence-electron chi connectivity index (χ2n) is 14.4. The predicted octanol–water partition coefficient (Wildman–Crippen LogP) is 3.66. The molecule has 0 fully saturated rings. The van der Waals surface area contributed by atoms with Gasteiger partial charge in [0.1, 0.15) is 21.4 Å². The summed E-state index contributed by atoms with van der Waals surface area (Å²) < 4.78 is 33.5. The van der Waals surface area contributed by atoms with Gasteiger partial charge in [-0.2, -0.15) is 0 Å². The maximum atomic E-state index is 12.5. The maximum absolute atomic E-state index is 12.5. The van der Waals surface area contributed by atoms with E-state index in [1.54, 1.807) is 6.26 Å². The van der Waals surface area contributed by atoms with Gasteiger partial charge in [0, 0.05) is 53.7 Å². The molecule has 0 heterocycles. The Bertz CT molecular complexity index is 1250. The predicted molar refractivity (Wildman–Crippen MR) is 215 cm³/mol. The Kier molecular flexibility index (Phi) is 31.9. The van der Waals surface area contributed by atoms with E-state index in [1.165, 1.54) is 13.8 Å². The van der Waals surface area contributed by atoms with Crippen molar-refractivity contribution in [2.24, 2.45) is 47.0 Å². The maximum Gasteiger partial charge on any atom is 0.224 e. The lowest BCUT2D eigenvalue weighted by Gasteiger charge is -2.26. The number of nitrogens with two attached hydrogens (primary N) is 2. The van der Waals surface area contributed by atoms with Gasteiger partial charge in [0.15, 0.2) is 11.6 Å². The van der Waals surface area contributed by atoms with Crippen molar-refractivity contribution < 1.29 is 41.4 Å². The topological polar surface area (TPSA) is 230 Å². The van der Waals surface area contributed by atoms with E-state index in [9.17, 15) is 41.4 Å². The first kappa shape index (κ1) is 58.9. The summed E-state index contributed by atoms with van der Waals surface area (Å²) in [6.45, 7) is 17.6. The van der Waals surface area contributed by atoms with Crippen LogP contribution < -0.4 is 22.1 Å². The third-order valence-corrected chi connectivity index (χ3v) is 10.1. The van der Waals surface area contributed by atoms with Crippen molar-refractivity contribution in [1.29, 1.82) is 0 Å². The summed E-state index contributed by atoms with van der Waals surface area (Å²) in [5.74, 6) is -2.63. The zero-order valence-electron chi connectivity index (χ0n) is 31.7. The van der Waals surface area contributed by atoms with Gasteiger partial charge in [-0.05, 0) is 50.4 Å². The highest BCUT2D eigenvalue weighted by Crippen LogP contribution is 2.20. The number of rotatable bonds is 22. The lowest BCUT2D eigenvalue weighted by Crippen LogP contribution is -2.47. The van der Waals surface area contributed by atoms with E-state index < -0.39 is 56.6 Å². The molecule has 52 heavy (non-hydrogen) atoms. The summed E-state index contributed by atoms with van der Waals surface area (Å²) in [7, 11) is -4.20. The summed E-state index contributed by atoms with van der Waals surface area (Å²) in [5, 5.41) is 5.48. The molecule has 0 aromatic carbocycles. The highest BCUT2D eigenvalue weighted by Gasteiger charge is 2.32. The van der Waals surface area contributed by atoms with Gasteiger partial charge in [-0.25, -0.2) is 8.42 Å². The lowest BCUT2D eigenvalue weighted by molar-refractivity contribution is -0.134. The summed E-state index contributed by atoms with van der Waals surface area (Å²) in [5.41, 5.74) is 11.6. The van der Waals surface area contributed by atoms with E-state index in [0.717, 1.165) is 6.26 Å². The standard InChI is InChI=1S/C17H32N2O5S.C17H32N2O4S.3CH4/c1-10(2)13(17(22)19-16(11(3)4)12(5)20)9-15(21)14(18)7-8-25(6,23)24;1-10(2)13(9-15(21)14(18)7-8-24(6)23)17(22)19-16(11(3)4)12(5)20;;;/h10-11,13-14,16H,7-9,18H2,1-6H3,(H,19,22);10-11,13-14,16H,7-9,18H2,1-6H3,(H,19,22);3*1H4/t13-,14-,16-;13-,14-,16-,24?;;;/m00.../s1. The second-order valence-corrected chi connectivity index (χ2v) is 18.2. The molecule has 0 aliphatic heterocycles. The van der Waals surface area contributed by atoms with Crippen LogP contribution in [0.25, 0.3) is 0 Å². The molecular weight excluding hydrogens is 709 g/mol. The Morgan fingerprint density at radius 1 is 0.615 bits per heavy atom. The van der Waals surface area contributed by atoms with E-state index in [4.69, 9.17) is 11.5 Å². The summed E-state index contributed by atoms with van der Waals surface area (Å²) >= 11 is 0. The summed E-state index contributed by atoms with van der Waals surface area (Å²) in [6.07, 6.45) is 2.99. The number of carbonyl (C=O) groups excluding carboxylic acids is 6. The van der Waals surface area contributed by atoms with Crippen molar-refractivity contribution in [1.82, 2.24) is 10.6 Å². The molecule has 0 saturated carbocycles. The summed E-state index contributed by atoms with van der Waals surface area (Å²) in [4.78, 5) is 72.9. The van der Waals surface area contributed by atoms with Gasteiger partial charge in [0.2, 0.25) is 11.8 Å². The van der Waals surface area contributed by atoms with Gasteiger partial charge in [-0.1, -0.05) is 77.7 Å². The van der Waals surface area contributed by atoms with E-state index >= 15 is 0 Å². The molecule has 6 N–H and O–H groups in total. The molecule has 1 unspecified atom stereocenters. The fourth-order valence-electron chi connectivity index (χ4n) is 4.95. The average molecular weight is 785 g/mol. The first-order chi connectivity index (χ1) is 22.2. The van der Waals surface area contributed by atoms with Gasteiger partial charge in [0.05, 0.1) is 29.9 Å². The highest BCUT2D eigenvalue weighted by atomic mass is 32.2. The Hall–Kier alpha value is -2.36. The molecule has 0 aliphatic carbocycles. The molecule has 7 atom stereocenters. The van der Waals surface area contributed by atoms with Gasteiger partial charge < -0.3 is 22.1 Å². The molecule has 0 aromatic heterocycles.